The number of anilines is 1. The highest BCUT2D eigenvalue weighted by atomic mass is 19.1. The minimum Gasteiger partial charge on any atom is -0.466 e. The number of ether oxygens (including phenoxy) is 1. The second-order valence-corrected chi connectivity index (χ2v) is 6.98. The van der Waals surface area contributed by atoms with E-state index in [1.165, 1.54) is 36.3 Å². The number of carbonyl (C=O) groups excluding carboxylic acids is 3. The van der Waals surface area contributed by atoms with Crippen LogP contribution in [0.5, 0.6) is 0 Å². The standard InChI is InChI=1S/C23H23FN2O4/c1-15-21(23(29)30-2)19(22(28)25-13-12-16-6-4-3-5-7-16)14-20(27)26(15)18-10-8-17(24)9-11-18/h3-11,19H,12-14H2,1-2H3,(H,25,28)/t19-/m0/s1. The molecule has 3 rings (SSSR count). The molecular formula is C23H23FN2O4. The van der Waals surface area contributed by atoms with Gasteiger partial charge in [0.1, 0.15) is 5.82 Å². The van der Waals surface area contributed by atoms with E-state index in [0.717, 1.165) is 5.56 Å². The fourth-order valence-electron chi connectivity index (χ4n) is 3.58. The fourth-order valence-corrected chi connectivity index (χ4v) is 3.58. The van der Waals surface area contributed by atoms with E-state index in [2.05, 4.69) is 5.32 Å². The maximum atomic E-state index is 13.3. The molecule has 0 radical (unpaired) electrons. The minimum absolute atomic E-state index is 0.124. The molecular weight excluding hydrogens is 387 g/mol. The molecule has 1 heterocycles. The van der Waals surface area contributed by atoms with Gasteiger partial charge < -0.3 is 10.1 Å². The van der Waals surface area contributed by atoms with Crippen LogP contribution in [0, 0.1) is 11.7 Å². The van der Waals surface area contributed by atoms with E-state index in [4.69, 9.17) is 4.74 Å². The molecule has 1 aliphatic rings. The number of rotatable bonds is 6. The number of amides is 2. The lowest BCUT2D eigenvalue weighted by Crippen LogP contribution is -2.45. The van der Waals surface area contributed by atoms with Gasteiger partial charge in [0, 0.05) is 24.4 Å². The summed E-state index contributed by atoms with van der Waals surface area (Å²) in [6, 6.07) is 15.0. The summed E-state index contributed by atoms with van der Waals surface area (Å²) in [6.07, 6.45) is 0.446. The first-order valence-electron chi connectivity index (χ1n) is 9.61. The summed E-state index contributed by atoms with van der Waals surface area (Å²) >= 11 is 0. The van der Waals surface area contributed by atoms with Gasteiger partial charge in [-0.1, -0.05) is 30.3 Å². The topological polar surface area (TPSA) is 75.7 Å². The Morgan fingerprint density at radius 2 is 1.80 bits per heavy atom. The van der Waals surface area contributed by atoms with Gasteiger partial charge in [0.05, 0.1) is 18.6 Å². The van der Waals surface area contributed by atoms with Crippen LogP contribution < -0.4 is 10.2 Å². The van der Waals surface area contributed by atoms with Crippen molar-refractivity contribution in [2.45, 2.75) is 19.8 Å². The van der Waals surface area contributed by atoms with Crippen molar-refractivity contribution in [2.75, 3.05) is 18.6 Å². The molecule has 6 nitrogen and oxygen atoms in total. The number of nitrogens with zero attached hydrogens (tertiary/aromatic N) is 1. The molecule has 0 spiro atoms. The summed E-state index contributed by atoms with van der Waals surface area (Å²) in [7, 11) is 1.23. The first-order chi connectivity index (χ1) is 14.4. The van der Waals surface area contributed by atoms with Crippen molar-refractivity contribution in [3.8, 4) is 0 Å². The maximum absolute atomic E-state index is 13.3. The monoisotopic (exact) mass is 410 g/mol. The van der Waals surface area contributed by atoms with E-state index in [-0.39, 0.29) is 17.9 Å². The van der Waals surface area contributed by atoms with Crippen LogP contribution in [0.2, 0.25) is 0 Å². The van der Waals surface area contributed by atoms with Crippen molar-refractivity contribution in [3.05, 3.63) is 77.2 Å². The first-order valence-corrected chi connectivity index (χ1v) is 9.61. The van der Waals surface area contributed by atoms with Crippen LogP contribution in [-0.4, -0.2) is 31.4 Å². The van der Waals surface area contributed by atoms with Crippen LogP contribution in [0.15, 0.2) is 65.9 Å². The van der Waals surface area contributed by atoms with E-state index >= 15 is 0 Å². The summed E-state index contributed by atoms with van der Waals surface area (Å²) in [5.74, 6) is -2.81. The number of hydrogen-bond acceptors (Lipinski definition) is 4. The molecule has 0 aliphatic carbocycles. The van der Waals surface area contributed by atoms with Crippen LogP contribution in [0.4, 0.5) is 10.1 Å². The Kier molecular flexibility index (Phi) is 6.61. The molecule has 1 aliphatic heterocycles. The van der Waals surface area contributed by atoms with Gasteiger partial charge in [-0.15, -0.1) is 0 Å². The highest BCUT2D eigenvalue weighted by Crippen LogP contribution is 2.33. The summed E-state index contributed by atoms with van der Waals surface area (Å²) < 4.78 is 18.2. The second kappa shape index (κ2) is 9.35. The number of hydrogen-bond donors (Lipinski definition) is 1. The smallest absolute Gasteiger partial charge is 0.336 e. The predicted octanol–water partition coefficient (Wildman–Crippen LogP) is 2.98. The van der Waals surface area contributed by atoms with Gasteiger partial charge in [-0.3, -0.25) is 14.5 Å². The largest absolute Gasteiger partial charge is 0.466 e. The van der Waals surface area contributed by atoms with Gasteiger partial charge in [-0.05, 0) is 43.2 Å². The van der Waals surface area contributed by atoms with Gasteiger partial charge >= 0.3 is 5.97 Å². The Morgan fingerprint density at radius 3 is 2.43 bits per heavy atom. The molecule has 1 atom stereocenters. The lowest BCUT2D eigenvalue weighted by atomic mass is 9.88. The highest BCUT2D eigenvalue weighted by molar-refractivity contribution is 6.08. The zero-order valence-electron chi connectivity index (χ0n) is 16.9. The van der Waals surface area contributed by atoms with E-state index in [9.17, 15) is 18.8 Å². The molecule has 0 saturated heterocycles. The van der Waals surface area contributed by atoms with E-state index in [1.54, 1.807) is 6.92 Å². The number of methoxy groups -OCH3 is 1. The average molecular weight is 410 g/mol. The average Bonchev–Trinajstić information content (AvgIpc) is 2.75. The van der Waals surface area contributed by atoms with Crippen molar-refractivity contribution in [2.24, 2.45) is 5.92 Å². The van der Waals surface area contributed by atoms with Gasteiger partial charge in [-0.2, -0.15) is 0 Å². The third-order valence-electron chi connectivity index (χ3n) is 5.06. The normalized spacial score (nSPS) is 16.4. The highest BCUT2D eigenvalue weighted by Gasteiger charge is 2.40. The quantitative estimate of drug-likeness (QED) is 0.743. The molecule has 7 heteroatoms. The van der Waals surface area contributed by atoms with Crippen LogP contribution in [0.25, 0.3) is 0 Å². The molecule has 0 bridgehead atoms. The maximum Gasteiger partial charge on any atom is 0.336 e. The molecule has 2 aromatic rings. The van der Waals surface area contributed by atoms with E-state index in [0.29, 0.717) is 24.4 Å². The van der Waals surface area contributed by atoms with Crippen LogP contribution >= 0.6 is 0 Å². The van der Waals surface area contributed by atoms with E-state index in [1.807, 2.05) is 30.3 Å². The van der Waals surface area contributed by atoms with Gasteiger partial charge in [0.25, 0.3) is 0 Å². The molecule has 2 aromatic carbocycles. The molecule has 0 saturated carbocycles. The molecule has 1 N–H and O–H groups in total. The lowest BCUT2D eigenvalue weighted by molar-refractivity contribution is -0.139. The van der Waals surface area contributed by atoms with E-state index < -0.39 is 23.6 Å². The molecule has 2 amide bonds. The predicted molar refractivity (Wildman–Crippen MR) is 110 cm³/mol. The number of allylic oxidation sites excluding steroid dienone is 1. The number of benzene rings is 2. The molecule has 0 fully saturated rings. The Bertz CT molecular complexity index is 970. The van der Waals surface area contributed by atoms with Crippen molar-refractivity contribution in [3.63, 3.8) is 0 Å². The summed E-state index contributed by atoms with van der Waals surface area (Å²) in [5.41, 5.74) is 1.91. The number of nitrogens with one attached hydrogen (secondary N) is 1. The summed E-state index contributed by atoms with van der Waals surface area (Å²) in [5, 5.41) is 2.81. The Hall–Kier alpha value is -3.48. The Balaban J connectivity index is 1.83. The molecule has 0 aromatic heterocycles. The molecule has 0 unspecified atom stereocenters. The minimum atomic E-state index is -0.947. The SMILES string of the molecule is COC(=O)C1=C(C)N(c2ccc(F)cc2)C(=O)C[C@@H]1C(=O)NCCc1ccccc1. The van der Waals surface area contributed by atoms with Gasteiger partial charge in [-0.25, -0.2) is 9.18 Å². The number of esters is 1. The Labute approximate surface area is 174 Å². The Morgan fingerprint density at radius 1 is 1.13 bits per heavy atom. The molecule has 156 valence electrons. The van der Waals surface area contributed by atoms with Crippen LogP contribution in [-0.2, 0) is 25.5 Å². The third kappa shape index (κ3) is 4.56. The second-order valence-electron chi connectivity index (χ2n) is 6.98. The van der Waals surface area contributed by atoms with Crippen molar-refractivity contribution in [1.29, 1.82) is 0 Å². The van der Waals surface area contributed by atoms with Crippen LogP contribution in [0.1, 0.15) is 18.9 Å². The summed E-state index contributed by atoms with van der Waals surface area (Å²) in [4.78, 5) is 39.4. The first kappa shape index (κ1) is 21.2. The lowest BCUT2D eigenvalue weighted by Gasteiger charge is -2.33. The fraction of sp³-hybridized carbons (Fsp3) is 0.261. The van der Waals surface area contributed by atoms with Crippen molar-refractivity contribution in [1.82, 2.24) is 5.32 Å². The zero-order chi connectivity index (χ0) is 21.7. The number of halogens is 1. The van der Waals surface area contributed by atoms with Gasteiger partial charge in [0.2, 0.25) is 11.8 Å². The molecule has 30 heavy (non-hydrogen) atoms. The van der Waals surface area contributed by atoms with Crippen LogP contribution in [0.3, 0.4) is 0 Å². The third-order valence-corrected chi connectivity index (χ3v) is 5.06. The zero-order valence-corrected chi connectivity index (χ0v) is 16.9. The van der Waals surface area contributed by atoms with Crippen molar-refractivity contribution >= 4 is 23.5 Å². The number of carbonyl (C=O) groups is 3. The van der Waals surface area contributed by atoms with Gasteiger partial charge in [0.15, 0.2) is 0 Å². The summed E-state index contributed by atoms with van der Waals surface area (Å²) in [6.45, 7) is 1.96. The van der Waals surface area contributed by atoms with Crippen molar-refractivity contribution < 1.29 is 23.5 Å².